The number of aromatic nitrogens is 4. The second kappa shape index (κ2) is 8.80. The number of carbonyl (C=O) groups is 1. The summed E-state index contributed by atoms with van der Waals surface area (Å²) in [4.78, 5) is 22.5. The number of aryl methyl sites for hydroxylation is 1. The fourth-order valence-electron chi connectivity index (χ4n) is 4.06. The SMILES string of the molecule is C.CC(=O)Cc1ccc(Nc2nc(Nc3cc(C)[nH]n3)cc(N3CC(F)(C4CC4)C3)n2)cc1.[HH].[HH].[HH]. The lowest BCUT2D eigenvalue weighted by atomic mass is 9.91. The zero-order valence-corrected chi connectivity index (χ0v) is 18.2. The van der Waals surface area contributed by atoms with Crippen LogP contribution in [0.5, 0.6) is 0 Å². The van der Waals surface area contributed by atoms with Gasteiger partial charge in [-0.15, -0.1) is 0 Å². The number of hydrogen-bond acceptors (Lipinski definition) is 7. The number of rotatable bonds is 8. The van der Waals surface area contributed by atoms with Gasteiger partial charge in [0.2, 0.25) is 5.95 Å². The first-order valence-electron chi connectivity index (χ1n) is 10.8. The van der Waals surface area contributed by atoms with E-state index < -0.39 is 5.67 Å². The van der Waals surface area contributed by atoms with Gasteiger partial charge >= 0.3 is 0 Å². The van der Waals surface area contributed by atoms with Crippen LogP contribution in [-0.4, -0.2) is 44.7 Å². The normalized spacial score (nSPS) is 16.5. The van der Waals surface area contributed by atoms with E-state index in [-0.39, 0.29) is 23.4 Å². The van der Waals surface area contributed by atoms with Gasteiger partial charge < -0.3 is 15.5 Å². The molecule has 1 saturated carbocycles. The molecule has 3 aromatic rings. The van der Waals surface area contributed by atoms with Crippen molar-refractivity contribution in [3.63, 3.8) is 0 Å². The number of H-pyrrole nitrogens is 1. The smallest absolute Gasteiger partial charge is 0.231 e. The van der Waals surface area contributed by atoms with Gasteiger partial charge in [0, 0.05) is 34.2 Å². The van der Waals surface area contributed by atoms with E-state index in [2.05, 4.69) is 30.8 Å². The molecule has 2 aliphatic rings. The molecule has 0 radical (unpaired) electrons. The van der Waals surface area contributed by atoms with Crippen molar-refractivity contribution >= 4 is 34.9 Å². The topological polar surface area (TPSA) is 98.8 Å². The van der Waals surface area contributed by atoms with Crippen LogP contribution in [0.15, 0.2) is 36.4 Å². The Kier molecular flexibility index (Phi) is 6.05. The van der Waals surface area contributed by atoms with Gasteiger partial charge in [0.15, 0.2) is 5.82 Å². The number of Topliss-reactive ketones (excluding diaryl/α,β-unsaturated/α-hetero) is 1. The van der Waals surface area contributed by atoms with Crippen molar-refractivity contribution in [1.29, 1.82) is 0 Å². The largest absolute Gasteiger partial charge is 0.350 e. The molecule has 9 heteroatoms. The number of anilines is 5. The predicted molar refractivity (Wildman–Crippen MR) is 135 cm³/mol. The number of halogens is 1. The first-order valence-corrected chi connectivity index (χ1v) is 10.8. The van der Waals surface area contributed by atoms with Crippen molar-refractivity contribution in [1.82, 2.24) is 20.2 Å². The van der Waals surface area contributed by atoms with Gasteiger partial charge in [0.1, 0.15) is 23.1 Å². The molecule has 2 aromatic heterocycles. The molecule has 5 rings (SSSR count). The summed E-state index contributed by atoms with van der Waals surface area (Å²) < 4.78 is 14.9. The maximum absolute atomic E-state index is 14.9. The average molecular weight is 458 g/mol. The molecule has 1 aromatic carbocycles. The summed E-state index contributed by atoms with van der Waals surface area (Å²) in [6, 6.07) is 11.3. The predicted octanol–water partition coefficient (Wildman–Crippen LogP) is 5.44. The number of alkyl halides is 1. The molecular weight excluding hydrogens is 421 g/mol. The molecule has 0 amide bonds. The van der Waals surface area contributed by atoms with E-state index in [1.807, 2.05) is 48.2 Å². The maximum Gasteiger partial charge on any atom is 0.231 e. The molecule has 180 valence electrons. The summed E-state index contributed by atoms with van der Waals surface area (Å²) >= 11 is 0. The number of hydrogen-bond donors (Lipinski definition) is 3. The van der Waals surface area contributed by atoms with E-state index in [9.17, 15) is 9.18 Å². The third kappa shape index (κ3) is 5.13. The fourth-order valence-corrected chi connectivity index (χ4v) is 4.06. The van der Waals surface area contributed by atoms with Gasteiger partial charge in [-0.2, -0.15) is 15.1 Å². The Morgan fingerprint density at radius 3 is 2.52 bits per heavy atom. The number of nitrogens with one attached hydrogen (secondary N) is 3. The number of carbonyl (C=O) groups excluding carboxylic acids is 1. The molecule has 1 aliphatic heterocycles. The summed E-state index contributed by atoms with van der Waals surface area (Å²) in [6.07, 6.45) is 2.36. The molecule has 3 N–H and O–H groups in total. The van der Waals surface area contributed by atoms with Crippen molar-refractivity contribution in [2.75, 3.05) is 28.6 Å². The molecule has 0 unspecified atom stereocenters. The van der Waals surface area contributed by atoms with Gasteiger partial charge in [-0.1, -0.05) is 19.6 Å². The monoisotopic (exact) mass is 457 g/mol. The lowest BCUT2D eigenvalue weighted by molar-refractivity contribution is -0.116. The van der Waals surface area contributed by atoms with Crippen LogP contribution in [0.4, 0.5) is 33.5 Å². The van der Waals surface area contributed by atoms with Crippen LogP contribution in [-0.2, 0) is 11.2 Å². The van der Waals surface area contributed by atoms with Crippen LogP contribution in [0.1, 0.15) is 42.7 Å². The Labute approximate surface area is 197 Å². The van der Waals surface area contributed by atoms with E-state index in [0.29, 0.717) is 42.9 Å². The Bertz CT molecular complexity index is 1150. The summed E-state index contributed by atoms with van der Waals surface area (Å²) in [7, 11) is 0. The highest BCUT2D eigenvalue weighted by Gasteiger charge is 2.54. The van der Waals surface area contributed by atoms with Crippen LogP contribution >= 0.6 is 0 Å². The molecule has 33 heavy (non-hydrogen) atoms. The molecule has 1 saturated heterocycles. The van der Waals surface area contributed by atoms with Crippen molar-refractivity contribution in [3.8, 4) is 0 Å². The van der Waals surface area contributed by atoms with Crippen molar-refractivity contribution < 1.29 is 13.5 Å². The van der Waals surface area contributed by atoms with E-state index in [4.69, 9.17) is 0 Å². The van der Waals surface area contributed by atoms with Crippen molar-refractivity contribution in [3.05, 3.63) is 47.7 Å². The van der Waals surface area contributed by atoms with E-state index in [0.717, 1.165) is 29.8 Å². The molecular formula is C24H36FN7O. The Hall–Kier alpha value is -3.49. The molecule has 2 fully saturated rings. The van der Waals surface area contributed by atoms with Crippen LogP contribution < -0.4 is 15.5 Å². The standard InChI is InChI=1S/C23H26FN7O.CH4.3H2/c1-14-9-20(30-29-14)26-19-11-21(31-12-23(24,13-31)17-5-6-17)28-22(27-19)25-18-7-3-16(4-8-18)10-15(2)32;;;;/h3-4,7-9,11,17H,5-6,10,12-13H2,1-2H3,(H3,25,26,27,28,29,30);1H4;3*1H. The number of benzene rings is 1. The quantitative estimate of drug-likeness (QED) is 0.414. The van der Waals surface area contributed by atoms with Crippen LogP contribution in [0.3, 0.4) is 0 Å². The molecule has 3 heterocycles. The minimum absolute atomic E-state index is 0. The second-order valence-electron chi connectivity index (χ2n) is 8.86. The highest BCUT2D eigenvalue weighted by atomic mass is 19.1. The third-order valence-corrected chi connectivity index (χ3v) is 5.88. The zero-order chi connectivity index (χ0) is 22.3. The lowest BCUT2D eigenvalue weighted by Crippen LogP contribution is -2.60. The van der Waals surface area contributed by atoms with Crippen molar-refractivity contribution in [2.45, 2.75) is 46.2 Å². The number of aromatic amines is 1. The van der Waals surface area contributed by atoms with Gasteiger partial charge in [-0.3, -0.25) is 9.89 Å². The molecule has 1 aliphatic carbocycles. The average Bonchev–Trinajstić information content (AvgIpc) is 3.50. The molecule has 0 spiro atoms. The minimum Gasteiger partial charge on any atom is -0.350 e. The lowest BCUT2D eigenvalue weighted by Gasteiger charge is -2.45. The fraction of sp³-hybridized carbons (Fsp3) is 0.417. The van der Waals surface area contributed by atoms with Gasteiger partial charge in [0.25, 0.3) is 0 Å². The Morgan fingerprint density at radius 1 is 1.18 bits per heavy atom. The first kappa shape index (κ1) is 22.7. The maximum atomic E-state index is 14.9. The summed E-state index contributed by atoms with van der Waals surface area (Å²) in [5.74, 6) is 2.60. The van der Waals surface area contributed by atoms with Crippen molar-refractivity contribution in [2.24, 2.45) is 5.92 Å². The van der Waals surface area contributed by atoms with Gasteiger partial charge in [-0.25, -0.2) is 4.39 Å². The third-order valence-electron chi connectivity index (χ3n) is 5.88. The van der Waals surface area contributed by atoms with Crippen LogP contribution in [0.2, 0.25) is 0 Å². The molecule has 0 atom stereocenters. The zero-order valence-electron chi connectivity index (χ0n) is 18.2. The van der Waals surface area contributed by atoms with Crippen LogP contribution in [0, 0.1) is 12.8 Å². The van der Waals surface area contributed by atoms with Crippen LogP contribution in [0.25, 0.3) is 0 Å². The minimum atomic E-state index is -1.10. The van der Waals surface area contributed by atoms with E-state index in [1.54, 1.807) is 6.92 Å². The van der Waals surface area contributed by atoms with Gasteiger partial charge in [-0.05, 0) is 50.3 Å². The van der Waals surface area contributed by atoms with Gasteiger partial charge in [0.05, 0.1) is 13.1 Å². The Morgan fingerprint density at radius 2 is 1.91 bits per heavy atom. The number of nitrogens with zero attached hydrogens (tertiary/aromatic N) is 4. The van der Waals surface area contributed by atoms with E-state index >= 15 is 0 Å². The Balaban J connectivity index is 0.00000162. The van der Waals surface area contributed by atoms with E-state index in [1.165, 1.54) is 0 Å². The molecule has 8 nitrogen and oxygen atoms in total. The molecule has 0 bridgehead atoms. The second-order valence-corrected chi connectivity index (χ2v) is 8.86. The number of ketones is 1. The highest BCUT2D eigenvalue weighted by Crippen LogP contribution is 2.48. The highest BCUT2D eigenvalue weighted by molar-refractivity contribution is 5.78. The summed E-state index contributed by atoms with van der Waals surface area (Å²) in [5.41, 5.74) is 1.59. The summed E-state index contributed by atoms with van der Waals surface area (Å²) in [5, 5.41) is 13.5. The summed E-state index contributed by atoms with van der Waals surface area (Å²) in [6.45, 7) is 4.21. The first-order chi connectivity index (χ1) is 15.4.